The zero-order valence-electron chi connectivity index (χ0n) is 14.4. The van der Waals surface area contributed by atoms with Crippen LogP contribution >= 0.6 is 0 Å². The van der Waals surface area contributed by atoms with Crippen LogP contribution in [0.25, 0.3) is 10.9 Å². The van der Waals surface area contributed by atoms with Gasteiger partial charge < -0.3 is 4.74 Å². The summed E-state index contributed by atoms with van der Waals surface area (Å²) in [4.78, 5) is 0. The maximum atomic E-state index is 5.91. The highest BCUT2D eigenvalue weighted by molar-refractivity contribution is 5.77. The first-order valence-electron chi connectivity index (χ1n) is 8.96. The van der Waals surface area contributed by atoms with E-state index in [1.807, 2.05) is 0 Å². The number of rotatable bonds is 8. The number of aromatic nitrogens is 1. The van der Waals surface area contributed by atoms with E-state index in [-0.39, 0.29) is 0 Å². The molecule has 3 aromatic rings. The number of hydrogen-bond donors (Lipinski definition) is 0. The Hall–Kier alpha value is -2.35. The van der Waals surface area contributed by atoms with Gasteiger partial charge in [-0.3, -0.25) is 0 Å². The molecule has 0 atom stereocenters. The van der Waals surface area contributed by atoms with Crippen LogP contribution in [0.5, 0.6) is 5.75 Å². The molecule has 0 saturated carbocycles. The lowest BCUT2D eigenvalue weighted by molar-refractivity contribution is -0.662. The Labute approximate surface area is 144 Å². The van der Waals surface area contributed by atoms with Crippen molar-refractivity contribution in [2.24, 2.45) is 0 Å². The fourth-order valence-corrected chi connectivity index (χ4v) is 2.99. The van der Waals surface area contributed by atoms with E-state index in [0.29, 0.717) is 0 Å². The molecular formula is C22H26NO+. The maximum Gasteiger partial charge on any atom is 0.213 e. The molecule has 0 radical (unpaired) electrons. The van der Waals surface area contributed by atoms with Gasteiger partial charge in [0.25, 0.3) is 0 Å². The summed E-state index contributed by atoms with van der Waals surface area (Å²) in [6.45, 7) is 3.92. The van der Waals surface area contributed by atoms with Crippen molar-refractivity contribution in [2.45, 2.75) is 39.2 Å². The summed E-state index contributed by atoms with van der Waals surface area (Å²) in [5.74, 6) is 0.969. The molecule has 1 aromatic heterocycles. The first-order chi connectivity index (χ1) is 11.9. The minimum atomic E-state index is 0.808. The molecule has 0 unspecified atom stereocenters. The van der Waals surface area contributed by atoms with Gasteiger partial charge in [-0.25, -0.2) is 0 Å². The number of benzene rings is 2. The van der Waals surface area contributed by atoms with Crippen LogP contribution in [0.3, 0.4) is 0 Å². The number of hydrogen-bond acceptors (Lipinski definition) is 1. The van der Waals surface area contributed by atoms with Gasteiger partial charge >= 0.3 is 0 Å². The van der Waals surface area contributed by atoms with Crippen LogP contribution in [-0.2, 0) is 6.54 Å². The summed E-state index contributed by atoms with van der Waals surface area (Å²) in [5.41, 5.74) is 2.55. The average molecular weight is 320 g/mol. The summed E-state index contributed by atoms with van der Waals surface area (Å²) in [5, 5.41) is 1.22. The molecule has 0 bridgehead atoms. The molecule has 2 nitrogen and oxygen atoms in total. The van der Waals surface area contributed by atoms with Gasteiger partial charge in [0, 0.05) is 17.7 Å². The van der Waals surface area contributed by atoms with Crippen molar-refractivity contribution in [1.29, 1.82) is 0 Å². The number of nitrogens with zero attached hydrogens (tertiary/aromatic N) is 1. The van der Waals surface area contributed by atoms with Gasteiger partial charge in [-0.1, -0.05) is 56.5 Å². The Morgan fingerprint density at radius 2 is 1.75 bits per heavy atom. The Morgan fingerprint density at radius 1 is 0.875 bits per heavy atom. The van der Waals surface area contributed by atoms with Gasteiger partial charge in [0.15, 0.2) is 12.7 Å². The first-order valence-corrected chi connectivity index (χ1v) is 8.96. The van der Waals surface area contributed by atoms with Crippen LogP contribution in [0.1, 0.15) is 38.2 Å². The van der Waals surface area contributed by atoms with Gasteiger partial charge in [-0.15, -0.1) is 0 Å². The highest BCUT2D eigenvalue weighted by Gasteiger charge is 2.10. The average Bonchev–Trinajstić information content (AvgIpc) is 2.62. The SMILES string of the molecule is CCCCCCOc1ccc2c(ccc[n+]2Cc2ccccc2)c1. The van der Waals surface area contributed by atoms with E-state index in [1.54, 1.807) is 0 Å². The molecule has 0 amide bonds. The van der Waals surface area contributed by atoms with Crippen molar-refractivity contribution in [3.8, 4) is 5.75 Å². The fourth-order valence-electron chi connectivity index (χ4n) is 2.99. The highest BCUT2D eigenvalue weighted by Crippen LogP contribution is 2.19. The lowest BCUT2D eigenvalue weighted by Crippen LogP contribution is -2.34. The topological polar surface area (TPSA) is 13.1 Å². The number of ether oxygens (including phenoxy) is 1. The highest BCUT2D eigenvalue weighted by atomic mass is 16.5. The van der Waals surface area contributed by atoms with Gasteiger partial charge in [0.05, 0.1) is 12.0 Å². The van der Waals surface area contributed by atoms with Crippen molar-refractivity contribution >= 4 is 10.9 Å². The lowest BCUT2D eigenvalue weighted by atomic mass is 10.1. The third-order valence-electron chi connectivity index (χ3n) is 4.31. The Kier molecular flexibility index (Phi) is 5.84. The predicted octanol–water partition coefficient (Wildman–Crippen LogP) is 5.13. The molecule has 0 fully saturated rings. The van der Waals surface area contributed by atoms with E-state index in [4.69, 9.17) is 4.74 Å². The molecule has 2 aromatic carbocycles. The fraction of sp³-hybridized carbons (Fsp3) is 0.318. The maximum absolute atomic E-state index is 5.91. The molecular weight excluding hydrogens is 294 g/mol. The first kappa shape index (κ1) is 16.5. The van der Waals surface area contributed by atoms with E-state index >= 15 is 0 Å². The van der Waals surface area contributed by atoms with Gasteiger partial charge in [0.2, 0.25) is 5.52 Å². The molecule has 2 heteroatoms. The predicted molar refractivity (Wildman–Crippen MR) is 99.3 cm³/mol. The van der Waals surface area contributed by atoms with Crippen LogP contribution < -0.4 is 9.30 Å². The van der Waals surface area contributed by atoms with Crippen molar-refractivity contribution in [1.82, 2.24) is 0 Å². The van der Waals surface area contributed by atoms with E-state index in [9.17, 15) is 0 Å². The molecule has 0 aliphatic rings. The second kappa shape index (κ2) is 8.49. The molecule has 1 heterocycles. The normalized spacial score (nSPS) is 10.9. The van der Waals surface area contributed by atoms with E-state index in [0.717, 1.165) is 25.3 Å². The van der Waals surface area contributed by atoms with Crippen LogP contribution in [0.2, 0.25) is 0 Å². The summed E-state index contributed by atoms with van der Waals surface area (Å²) in [6.07, 6.45) is 7.08. The third-order valence-corrected chi connectivity index (χ3v) is 4.31. The van der Waals surface area contributed by atoms with Gasteiger partial charge in [-0.2, -0.15) is 4.57 Å². The largest absolute Gasteiger partial charge is 0.494 e. The minimum Gasteiger partial charge on any atom is -0.494 e. The van der Waals surface area contributed by atoms with Crippen molar-refractivity contribution < 1.29 is 9.30 Å². The number of pyridine rings is 1. The summed E-state index contributed by atoms with van der Waals surface area (Å²) < 4.78 is 8.20. The van der Waals surface area contributed by atoms with Crippen LogP contribution in [0, 0.1) is 0 Å². The molecule has 3 rings (SSSR count). The van der Waals surface area contributed by atoms with Crippen molar-refractivity contribution in [2.75, 3.05) is 6.61 Å². The standard InChI is InChI=1S/C22H26NO/c1-2-3-4-8-16-24-21-13-14-22-20(17-21)12-9-15-23(22)18-19-10-6-5-7-11-19/h5-7,9-15,17H,2-4,8,16,18H2,1H3/q+1. The van der Waals surface area contributed by atoms with Crippen molar-refractivity contribution in [3.05, 3.63) is 72.4 Å². The molecule has 0 saturated heterocycles. The Bertz CT molecular complexity index is 767. The second-order valence-corrected chi connectivity index (χ2v) is 6.25. The molecule has 0 N–H and O–H groups in total. The number of unbranched alkanes of at least 4 members (excludes halogenated alkanes) is 3. The lowest BCUT2D eigenvalue weighted by Gasteiger charge is -2.07. The molecule has 0 spiro atoms. The van der Waals surface area contributed by atoms with Crippen LogP contribution in [0.15, 0.2) is 66.9 Å². The number of fused-ring (bicyclic) bond motifs is 1. The monoisotopic (exact) mass is 320 g/mol. The molecule has 0 aliphatic heterocycles. The van der Waals surface area contributed by atoms with E-state index in [2.05, 4.69) is 78.4 Å². The Morgan fingerprint density at radius 3 is 2.58 bits per heavy atom. The summed E-state index contributed by atoms with van der Waals surface area (Å²) in [7, 11) is 0. The van der Waals surface area contributed by atoms with Crippen LogP contribution in [0.4, 0.5) is 0 Å². The van der Waals surface area contributed by atoms with Crippen molar-refractivity contribution in [3.63, 3.8) is 0 Å². The molecule has 0 aliphatic carbocycles. The third kappa shape index (κ3) is 4.35. The second-order valence-electron chi connectivity index (χ2n) is 6.25. The Balaban J connectivity index is 1.72. The quantitative estimate of drug-likeness (QED) is 0.414. The summed E-state index contributed by atoms with van der Waals surface area (Å²) >= 11 is 0. The molecule has 124 valence electrons. The van der Waals surface area contributed by atoms with Crippen LogP contribution in [-0.4, -0.2) is 6.61 Å². The van der Waals surface area contributed by atoms with Gasteiger partial charge in [-0.05, 0) is 24.6 Å². The zero-order chi connectivity index (χ0) is 16.6. The van der Waals surface area contributed by atoms with E-state index < -0.39 is 0 Å². The smallest absolute Gasteiger partial charge is 0.213 e. The van der Waals surface area contributed by atoms with E-state index in [1.165, 1.54) is 35.7 Å². The minimum absolute atomic E-state index is 0.808. The van der Waals surface area contributed by atoms with Gasteiger partial charge in [0.1, 0.15) is 5.75 Å². The summed E-state index contributed by atoms with van der Waals surface area (Å²) in [6, 6.07) is 21.2. The zero-order valence-corrected chi connectivity index (χ0v) is 14.4. The molecule has 24 heavy (non-hydrogen) atoms.